The second-order valence-electron chi connectivity index (χ2n) is 4.64. The number of rotatable bonds is 4. The Morgan fingerprint density at radius 2 is 2.10 bits per heavy atom. The van der Waals surface area contributed by atoms with Crippen LogP contribution in [0, 0.1) is 20.8 Å². The van der Waals surface area contributed by atoms with Crippen LogP contribution in [-0.4, -0.2) is 18.1 Å². The van der Waals surface area contributed by atoms with Crippen LogP contribution in [-0.2, 0) is 11.3 Å². The van der Waals surface area contributed by atoms with Gasteiger partial charge >= 0.3 is 5.97 Å². The van der Waals surface area contributed by atoms with Gasteiger partial charge in [-0.15, -0.1) is 11.3 Å². The van der Waals surface area contributed by atoms with Crippen molar-refractivity contribution in [2.75, 3.05) is 12.4 Å². The molecule has 106 valence electrons. The Kier molecular flexibility index (Phi) is 4.39. The molecule has 0 atom stereocenters. The number of nitrogens with zero attached hydrogens (tertiary/aromatic N) is 1. The summed E-state index contributed by atoms with van der Waals surface area (Å²) in [7, 11) is 1.39. The number of hydrogen-bond donors (Lipinski definition) is 1. The highest BCUT2D eigenvalue weighted by Crippen LogP contribution is 2.22. The van der Waals surface area contributed by atoms with E-state index in [9.17, 15) is 4.79 Å². The zero-order valence-corrected chi connectivity index (χ0v) is 12.9. The topological polar surface area (TPSA) is 51.2 Å². The van der Waals surface area contributed by atoms with E-state index in [4.69, 9.17) is 4.74 Å². The van der Waals surface area contributed by atoms with Crippen molar-refractivity contribution in [1.82, 2.24) is 4.98 Å². The van der Waals surface area contributed by atoms with Gasteiger partial charge in [0.2, 0.25) is 0 Å². The quantitative estimate of drug-likeness (QED) is 0.876. The van der Waals surface area contributed by atoms with Gasteiger partial charge in [0.1, 0.15) is 0 Å². The Labute approximate surface area is 122 Å². The van der Waals surface area contributed by atoms with Crippen LogP contribution in [0.15, 0.2) is 18.2 Å². The van der Waals surface area contributed by atoms with Crippen molar-refractivity contribution >= 4 is 23.0 Å². The Balaban J connectivity index is 2.21. The van der Waals surface area contributed by atoms with Gasteiger partial charge in [-0.05, 0) is 32.9 Å². The summed E-state index contributed by atoms with van der Waals surface area (Å²) in [5.74, 6) is -0.326. The number of nitrogens with one attached hydrogen (secondary N) is 1. The molecule has 0 aliphatic rings. The molecule has 1 heterocycles. The Bertz CT molecular complexity index is 635. The van der Waals surface area contributed by atoms with Crippen molar-refractivity contribution in [3.63, 3.8) is 0 Å². The van der Waals surface area contributed by atoms with Crippen molar-refractivity contribution in [1.29, 1.82) is 0 Å². The molecule has 4 nitrogen and oxygen atoms in total. The summed E-state index contributed by atoms with van der Waals surface area (Å²) in [6.45, 7) is 6.60. The van der Waals surface area contributed by atoms with E-state index >= 15 is 0 Å². The summed E-state index contributed by atoms with van der Waals surface area (Å²) in [4.78, 5) is 17.4. The second kappa shape index (κ2) is 6.05. The maximum Gasteiger partial charge on any atom is 0.339 e. The van der Waals surface area contributed by atoms with Gasteiger partial charge in [0.05, 0.1) is 29.9 Å². The normalized spacial score (nSPS) is 10.4. The van der Waals surface area contributed by atoms with Gasteiger partial charge in [0, 0.05) is 10.6 Å². The number of carbonyl (C=O) groups is 1. The Morgan fingerprint density at radius 3 is 2.70 bits per heavy atom. The van der Waals surface area contributed by atoms with Gasteiger partial charge in [-0.2, -0.15) is 0 Å². The number of methoxy groups -OCH3 is 1. The lowest BCUT2D eigenvalue weighted by atomic mass is 10.1. The summed E-state index contributed by atoms with van der Waals surface area (Å²) in [5.41, 5.74) is 3.41. The third-order valence-electron chi connectivity index (χ3n) is 3.02. The number of aromatic nitrogens is 1. The molecular formula is C15H18N2O2S. The van der Waals surface area contributed by atoms with Crippen LogP contribution in [0.4, 0.5) is 5.69 Å². The van der Waals surface area contributed by atoms with E-state index in [1.807, 2.05) is 39.0 Å². The molecule has 0 unspecified atom stereocenters. The van der Waals surface area contributed by atoms with Crippen molar-refractivity contribution in [2.24, 2.45) is 0 Å². The third kappa shape index (κ3) is 3.17. The Morgan fingerprint density at radius 1 is 1.35 bits per heavy atom. The molecule has 0 saturated heterocycles. The number of thiazole rings is 1. The first-order chi connectivity index (χ1) is 9.51. The van der Waals surface area contributed by atoms with Crippen LogP contribution in [0.25, 0.3) is 0 Å². The number of carbonyl (C=O) groups excluding carboxylic acids is 1. The average molecular weight is 290 g/mol. The van der Waals surface area contributed by atoms with Crippen LogP contribution in [0.1, 0.15) is 31.5 Å². The molecule has 0 fully saturated rings. The van der Waals surface area contributed by atoms with Crippen LogP contribution in [0.5, 0.6) is 0 Å². The van der Waals surface area contributed by atoms with E-state index < -0.39 is 0 Å². The summed E-state index contributed by atoms with van der Waals surface area (Å²) in [5, 5.41) is 4.35. The number of anilines is 1. The smallest absolute Gasteiger partial charge is 0.339 e. The number of aryl methyl sites for hydroxylation is 3. The monoisotopic (exact) mass is 290 g/mol. The van der Waals surface area contributed by atoms with Gasteiger partial charge in [0.25, 0.3) is 0 Å². The summed E-state index contributed by atoms with van der Waals surface area (Å²) in [6, 6.07) is 5.71. The first-order valence-corrected chi connectivity index (χ1v) is 7.18. The molecule has 1 aromatic carbocycles. The predicted octanol–water partition coefficient (Wildman–Crippen LogP) is 3.47. The van der Waals surface area contributed by atoms with Crippen molar-refractivity contribution in [2.45, 2.75) is 27.3 Å². The number of esters is 1. The molecule has 0 radical (unpaired) electrons. The van der Waals surface area contributed by atoms with E-state index in [1.165, 1.54) is 12.0 Å². The van der Waals surface area contributed by atoms with Gasteiger partial charge < -0.3 is 10.1 Å². The number of hydrogen-bond acceptors (Lipinski definition) is 5. The zero-order valence-electron chi connectivity index (χ0n) is 12.1. The number of ether oxygens (including phenoxy) is 1. The van der Waals surface area contributed by atoms with Crippen molar-refractivity contribution in [3.8, 4) is 0 Å². The molecular weight excluding hydrogens is 272 g/mol. The molecule has 2 rings (SSSR count). The third-order valence-corrected chi connectivity index (χ3v) is 4.09. The van der Waals surface area contributed by atoms with Gasteiger partial charge in [0.15, 0.2) is 0 Å². The van der Waals surface area contributed by atoms with E-state index in [0.717, 1.165) is 22.0 Å². The maximum absolute atomic E-state index is 11.8. The highest BCUT2D eigenvalue weighted by atomic mass is 32.1. The van der Waals surface area contributed by atoms with E-state index in [2.05, 4.69) is 10.3 Å². The lowest BCUT2D eigenvalue weighted by Gasteiger charge is -2.11. The first-order valence-electron chi connectivity index (χ1n) is 6.37. The van der Waals surface area contributed by atoms with Gasteiger partial charge in [-0.1, -0.05) is 11.6 Å². The minimum absolute atomic E-state index is 0.326. The van der Waals surface area contributed by atoms with Crippen molar-refractivity contribution in [3.05, 3.63) is 44.9 Å². The SMILES string of the molecule is COC(=O)c1cc(C)ccc1NCc1sc(C)nc1C. The fourth-order valence-corrected chi connectivity index (χ4v) is 2.88. The molecule has 1 aromatic heterocycles. The fraction of sp³-hybridized carbons (Fsp3) is 0.333. The van der Waals surface area contributed by atoms with Gasteiger partial charge in [-0.3, -0.25) is 0 Å². The first kappa shape index (κ1) is 14.5. The summed E-state index contributed by atoms with van der Waals surface area (Å²) >= 11 is 1.67. The average Bonchev–Trinajstić information content (AvgIpc) is 2.74. The Hall–Kier alpha value is -1.88. The fourth-order valence-electron chi connectivity index (χ4n) is 2.00. The predicted molar refractivity (Wildman–Crippen MR) is 81.4 cm³/mol. The lowest BCUT2D eigenvalue weighted by Crippen LogP contribution is -2.08. The van der Waals surface area contributed by atoms with Gasteiger partial charge in [-0.25, -0.2) is 9.78 Å². The second-order valence-corrected chi connectivity index (χ2v) is 5.92. The van der Waals surface area contributed by atoms with Crippen LogP contribution in [0.2, 0.25) is 0 Å². The van der Waals surface area contributed by atoms with E-state index in [-0.39, 0.29) is 5.97 Å². The number of benzene rings is 1. The van der Waals surface area contributed by atoms with E-state index in [1.54, 1.807) is 11.3 Å². The molecule has 2 aromatic rings. The molecule has 1 N–H and O–H groups in total. The van der Waals surface area contributed by atoms with Crippen LogP contribution >= 0.6 is 11.3 Å². The minimum atomic E-state index is -0.326. The molecule has 0 spiro atoms. The van der Waals surface area contributed by atoms with Crippen LogP contribution < -0.4 is 5.32 Å². The standard InChI is InChI=1S/C15H18N2O2S/c1-9-5-6-13(12(7-9)15(18)19-4)16-8-14-10(2)17-11(3)20-14/h5-7,16H,8H2,1-4H3. The van der Waals surface area contributed by atoms with Crippen LogP contribution in [0.3, 0.4) is 0 Å². The summed E-state index contributed by atoms with van der Waals surface area (Å²) in [6.07, 6.45) is 0. The van der Waals surface area contributed by atoms with E-state index in [0.29, 0.717) is 12.1 Å². The summed E-state index contributed by atoms with van der Waals surface area (Å²) < 4.78 is 4.82. The molecule has 0 saturated carbocycles. The highest BCUT2D eigenvalue weighted by molar-refractivity contribution is 7.11. The highest BCUT2D eigenvalue weighted by Gasteiger charge is 2.13. The molecule has 0 aliphatic carbocycles. The molecule has 0 bridgehead atoms. The molecule has 0 amide bonds. The largest absolute Gasteiger partial charge is 0.465 e. The minimum Gasteiger partial charge on any atom is -0.465 e. The lowest BCUT2D eigenvalue weighted by molar-refractivity contribution is 0.0601. The molecule has 5 heteroatoms. The molecule has 0 aliphatic heterocycles. The zero-order chi connectivity index (χ0) is 14.7. The molecule has 20 heavy (non-hydrogen) atoms. The maximum atomic E-state index is 11.8. The van der Waals surface area contributed by atoms with Crippen molar-refractivity contribution < 1.29 is 9.53 Å².